The second kappa shape index (κ2) is 6.20. The Bertz CT molecular complexity index is 864. The molecule has 124 valence electrons. The Morgan fingerprint density at radius 2 is 2.12 bits per heavy atom. The maximum Gasteiger partial charge on any atom is 0.237 e. The van der Waals surface area contributed by atoms with Crippen molar-refractivity contribution in [3.05, 3.63) is 36.0 Å². The number of nitrogens with two attached hydrogens (primary N) is 1. The van der Waals surface area contributed by atoms with E-state index in [1.54, 1.807) is 23.9 Å². The van der Waals surface area contributed by atoms with E-state index in [0.29, 0.717) is 5.92 Å². The van der Waals surface area contributed by atoms with E-state index in [0.717, 1.165) is 47.8 Å². The molecule has 3 aromatic rings. The summed E-state index contributed by atoms with van der Waals surface area (Å²) in [5, 5.41) is 2.05. The van der Waals surface area contributed by atoms with E-state index in [2.05, 4.69) is 25.2 Å². The highest BCUT2D eigenvalue weighted by molar-refractivity contribution is 7.17. The average Bonchev–Trinajstić information content (AvgIpc) is 3.23. The molecule has 1 fully saturated rings. The molecule has 0 aromatic carbocycles. The summed E-state index contributed by atoms with van der Waals surface area (Å²) in [5.74, 6) is 1.98. The van der Waals surface area contributed by atoms with E-state index >= 15 is 0 Å². The number of anilines is 1. The molecule has 0 saturated carbocycles. The number of piperidine rings is 1. The lowest BCUT2D eigenvalue weighted by atomic mass is 9.96. The van der Waals surface area contributed by atoms with E-state index in [1.807, 2.05) is 16.8 Å². The fourth-order valence-electron chi connectivity index (χ4n) is 3.33. The van der Waals surface area contributed by atoms with Crippen LogP contribution in [0, 0.1) is 0 Å². The first kappa shape index (κ1) is 15.1. The number of thiophene rings is 1. The van der Waals surface area contributed by atoms with Crippen LogP contribution in [0.5, 0.6) is 0 Å². The Kier molecular flexibility index (Phi) is 3.89. The zero-order chi connectivity index (χ0) is 16.5. The van der Waals surface area contributed by atoms with Crippen LogP contribution < -0.4 is 10.6 Å². The molecule has 1 saturated heterocycles. The maximum absolute atomic E-state index is 11.2. The molecule has 2 N–H and O–H groups in total. The second-order valence-electron chi connectivity index (χ2n) is 5.97. The van der Waals surface area contributed by atoms with Crippen LogP contribution in [-0.4, -0.2) is 38.5 Å². The van der Waals surface area contributed by atoms with Gasteiger partial charge >= 0.3 is 0 Å². The molecular weight excluding hydrogens is 324 g/mol. The predicted molar refractivity (Wildman–Crippen MR) is 93.0 cm³/mol. The summed E-state index contributed by atoms with van der Waals surface area (Å²) in [5.41, 5.74) is 6.32. The lowest BCUT2D eigenvalue weighted by Gasteiger charge is -2.32. The summed E-state index contributed by atoms with van der Waals surface area (Å²) in [4.78, 5) is 26.8. The number of fused-ring (bicyclic) bond motifs is 1. The van der Waals surface area contributed by atoms with Gasteiger partial charge < -0.3 is 15.2 Å². The smallest absolute Gasteiger partial charge is 0.237 e. The van der Waals surface area contributed by atoms with Gasteiger partial charge in [-0.3, -0.25) is 4.79 Å². The molecule has 0 unspecified atom stereocenters. The largest absolute Gasteiger partial charge is 0.368 e. The number of nitrogens with zero attached hydrogens (tertiary/aromatic N) is 5. The molecule has 4 heterocycles. The van der Waals surface area contributed by atoms with E-state index in [4.69, 9.17) is 5.73 Å². The predicted octanol–water partition coefficient (Wildman–Crippen LogP) is 1.76. The highest BCUT2D eigenvalue weighted by Crippen LogP contribution is 2.33. The van der Waals surface area contributed by atoms with Crippen LogP contribution in [0.4, 0.5) is 5.82 Å². The number of carbonyl (C=O) groups excluding carboxylic acids is 1. The van der Waals surface area contributed by atoms with Crippen LogP contribution in [0.2, 0.25) is 0 Å². The first-order chi connectivity index (χ1) is 11.7. The van der Waals surface area contributed by atoms with Crippen LogP contribution in [0.1, 0.15) is 24.6 Å². The first-order valence-electron chi connectivity index (χ1n) is 7.95. The van der Waals surface area contributed by atoms with Crippen LogP contribution >= 0.6 is 11.3 Å². The molecule has 0 atom stereocenters. The van der Waals surface area contributed by atoms with Crippen molar-refractivity contribution in [3.63, 3.8) is 0 Å². The van der Waals surface area contributed by atoms with Crippen molar-refractivity contribution in [1.82, 2.24) is 19.5 Å². The van der Waals surface area contributed by atoms with Gasteiger partial charge in [-0.25, -0.2) is 15.0 Å². The number of aromatic nitrogens is 4. The molecule has 0 radical (unpaired) electrons. The van der Waals surface area contributed by atoms with Crippen molar-refractivity contribution in [2.75, 3.05) is 18.0 Å². The van der Waals surface area contributed by atoms with Crippen molar-refractivity contribution in [1.29, 1.82) is 0 Å². The first-order valence-corrected chi connectivity index (χ1v) is 8.83. The summed E-state index contributed by atoms with van der Waals surface area (Å²) in [6.45, 7) is 2.02. The lowest BCUT2D eigenvalue weighted by molar-refractivity contribution is -0.118. The minimum atomic E-state index is -0.340. The molecule has 0 aliphatic carbocycles. The number of imidazole rings is 1. The molecule has 24 heavy (non-hydrogen) atoms. The average molecular weight is 342 g/mol. The molecule has 4 rings (SSSR count). The van der Waals surface area contributed by atoms with Crippen molar-refractivity contribution >= 4 is 33.3 Å². The highest BCUT2D eigenvalue weighted by Gasteiger charge is 2.26. The number of primary amides is 1. The van der Waals surface area contributed by atoms with Crippen molar-refractivity contribution in [2.24, 2.45) is 5.73 Å². The van der Waals surface area contributed by atoms with Gasteiger partial charge in [-0.1, -0.05) is 0 Å². The SMILES string of the molecule is NC(=O)Cn1ccnc1C1CCN(c2ncnc3ccsc23)CC1. The molecule has 8 heteroatoms. The molecule has 0 bridgehead atoms. The topological polar surface area (TPSA) is 89.9 Å². The van der Waals surface area contributed by atoms with Crippen LogP contribution in [0.15, 0.2) is 30.2 Å². The van der Waals surface area contributed by atoms with Gasteiger partial charge in [0.25, 0.3) is 0 Å². The summed E-state index contributed by atoms with van der Waals surface area (Å²) < 4.78 is 3.01. The Hall–Kier alpha value is -2.48. The third-order valence-electron chi connectivity index (χ3n) is 4.46. The Labute approximate surface area is 143 Å². The van der Waals surface area contributed by atoms with Crippen LogP contribution in [0.3, 0.4) is 0 Å². The number of rotatable bonds is 4. The lowest BCUT2D eigenvalue weighted by Crippen LogP contribution is -2.34. The van der Waals surface area contributed by atoms with E-state index in [-0.39, 0.29) is 12.5 Å². The van der Waals surface area contributed by atoms with E-state index < -0.39 is 0 Å². The molecule has 0 spiro atoms. The summed E-state index contributed by atoms with van der Waals surface area (Å²) >= 11 is 1.68. The fourth-order valence-corrected chi connectivity index (χ4v) is 4.19. The standard InChI is InChI=1S/C16H18N6OS/c17-13(23)9-22-7-4-18-15(22)11-1-5-21(6-2-11)16-14-12(3-8-24-14)19-10-20-16/h3-4,7-8,10-11H,1-2,5-6,9H2,(H2,17,23). The van der Waals surface area contributed by atoms with Gasteiger partial charge in [0.05, 0.1) is 10.2 Å². The fraction of sp³-hybridized carbons (Fsp3) is 0.375. The second-order valence-corrected chi connectivity index (χ2v) is 6.89. The zero-order valence-electron chi connectivity index (χ0n) is 13.1. The zero-order valence-corrected chi connectivity index (χ0v) is 13.9. The van der Waals surface area contributed by atoms with Gasteiger partial charge in [0, 0.05) is 31.4 Å². The van der Waals surface area contributed by atoms with Crippen LogP contribution in [0.25, 0.3) is 10.2 Å². The van der Waals surface area contributed by atoms with Gasteiger partial charge in [-0.15, -0.1) is 11.3 Å². The van der Waals surface area contributed by atoms with Gasteiger partial charge in [0.1, 0.15) is 24.5 Å². The van der Waals surface area contributed by atoms with Crippen molar-refractivity contribution in [3.8, 4) is 0 Å². The van der Waals surface area contributed by atoms with E-state index in [9.17, 15) is 4.79 Å². The summed E-state index contributed by atoms with van der Waals surface area (Å²) in [6, 6.07) is 2.03. The Morgan fingerprint density at radius 3 is 2.92 bits per heavy atom. The monoisotopic (exact) mass is 342 g/mol. The molecule has 3 aromatic heterocycles. The number of hydrogen-bond donors (Lipinski definition) is 1. The third-order valence-corrected chi connectivity index (χ3v) is 5.36. The number of hydrogen-bond acceptors (Lipinski definition) is 6. The Morgan fingerprint density at radius 1 is 1.29 bits per heavy atom. The van der Waals surface area contributed by atoms with Crippen molar-refractivity contribution in [2.45, 2.75) is 25.3 Å². The number of amides is 1. The maximum atomic E-state index is 11.2. The van der Waals surface area contributed by atoms with Gasteiger partial charge in [-0.2, -0.15) is 0 Å². The quantitative estimate of drug-likeness (QED) is 0.780. The molecule has 7 nitrogen and oxygen atoms in total. The minimum absolute atomic E-state index is 0.192. The van der Waals surface area contributed by atoms with Crippen LogP contribution in [-0.2, 0) is 11.3 Å². The van der Waals surface area contributed by atoms with Gasteiger partial charge in [0.15, 0.2) is 0 Å². The highest BCUT2D eigenvalue weighted by atomic mass is 32.1. The molecule has 1 aliphatic rings. The number of carbonyl (C=O) groups is 1. The normalized spacial score (nSPS) is 15.9. The van der Waals surface area contributed by atoms with E-state index in [1.165, 1.54) is 0 Å². The Balaban J connectivity index is 1.50. The summed E-state index contributed by atoms with van der Waals surface area (Å²) in [6.07, 6.45) is 7.16. The molecule has 1 aliphatic heterocycles. The third kappa shape index (κ3) is 2.73. The van der Waals surface area contributed by atoms with Gasteiger partial charge in [0.2, 0.25) is 5.91 Å². The van der Waals surface area contributed by atoms with Crippen molar-refractivity contribution < 1.29 is 4.79 Å². The van der Waals surface area contributed by atoms with Gasteiger partial charge in [-0.05, 0) is 24.3 Å². The molecule has 1 amide bonds. The molecular formula is C16H18N6OS. The minimum Gasteiger partial charge on any atom is -0.368 e. The summed E-state index contributed by atoms with van der Waals surface area (Å²) in [7, 11) is 0.